The lowest BCUT2D eigenvalue weighted by Gasteiger charge is -2.41. The van der Waals surface area contributed by atoms with Crippen molar-refractivity contribution in [1.29, 1.82) is 0 Å². The normalized spacial score (nSPS) is 29.8. The summed E-state index contributed by atoms with van der Waals surface area (Å²) >= 11 is 0. The average Bonchev–Trinajstić information content (AvgIpc) is 3.05. The molecular weight excluding hydrogens is 418 g/mol. The summed E-state index contributed by atoms with van der Waals surface area (Å²) in [5.74, 6) is 0.864. The van der Waals surface area contributed by atoms with Crippen molar-refractivity contribution < 1.29 is 19.0 Å². The van der Waals surface area contributed by atoms with Crippen molar-refractivity contribution in [1.82, 2.24) is 14.9 Å². The van der Waals surface area contributed by atoms with Crippen molar-refractivity contribution in [3.05, 3.63) is 30.7 Å². The second-order valence-electron chi connectivity index (χ2n) is 10.7. The molecular formula is C26H35N3O4. The predicted molar refractivity (Wildman–Crippen MR) is 125 cm³/mol. The van der Waals surface area contributed by atoms with E-state index in [0.29, 0.717) is 0 Å². The Kier molecular flexibility index (Phi) is 6.16. The number of nitrogens with zero attached hydrogens (tertiary/aromatic N) is 3. The van der Waals surface area contributed by atoms with Gasteiger partial charge in [-0.2, -0.15) is 0 Å². The highest BCUT2D eigenvalue weighted by Crippen LogP contribution is 2.39. The Bertz CT molecular complexity index is 964. The van der Waals surface area contributed by atoms with Gasteiger partial charge in [0, 0.05) is 30.7 Å². The molecule has 0 spiro atoms. The van der Waals surface area contributed by atoms with E-state index >= 15 is 0 Å². The second-order valence-corrected chi connectivity index (χ2v) is 10.7. The van der Waals surface area contributed by atoms with Crippen molar-refractivity contribution in [3.8, 4) is 5.75 Å². The Balaban J connectivity index is 1.12. The van der Waals surface area contributed by atoms with Crippen LogP contribution in [0.1, 0.15) is 72.1 Å². The summed E-state index contributed by atoms with van der Waals surface area (Å²) in [5.41, 5.74) is 0.454. The molecule has 33 heavy (non-hydrogen) atoms. The van der Waals surface area contributed by atoms with E-state index in [1.807, 2.05) is 44.0 Å². The van der Waals surface area contributed by atoms with Gasteiger partial charge in [-0.3, -0.25) is 9.97 Å². The Morgan fingerprint density at radius 1 is 0.939 bits per heavy atom. The van der Waals surface area contributed by atoms with Crippen LogP contribution in [0.25, 0.3) is 10.9 Å². The molecule has 2 saturated heterocycles. The van der Waals surface area contributed by atoms with Crippen LogP contribution < -0.4 is 4.74 Å². The highest BCUT2D eigenvalue weighted by Gasteiger charge is 2.45. The zero-order valence-corrected chi connectivity index (χ0v) is 19.9. The van der Waals surface area contributed by atoms with Crippen molar-refractivity contribution in [2.24, 2.45) is 0 Å². The molecule has 0 radical (unpaired) electrons. The number of aromatic nitrogens is 2. The van der Waals surface area contributed by atoms with Gasteiger partial charge >= 0.3 is 6.09 Å². The third-order valence-corrected chi connectivity index (χ3v) is 7.10. The molecule has 1 amide bonds. The monoisotopic (exact) mass is 453 g/mol. The Morgan fingerprint density at radius 3 is 2.33 bits per heavy atom. The van der Waals surface area contributed by atoms with Gasteiger partial charge in [-0.15, -0.1) is 0 Å². The topological polar surface area (TPSA) is 73.8 Å². The molecule has 0 N–H and O–H groups in total. The van der Waals surface area contributed by atoms with Crippen LogP contribution in [0, 0.1) is 0 Å². The highest BCUT2D eigenvalue weighted by atomic mass is 16.6. The molecule has 1 aliphatic carbocycles. The zero-order valence-electron chi connectivity index (χ0n) is 19.9. The van der Waals surface area contributed by atoms with Gasteiger partial charge in [0.1, 0.15) is 11.4 Å². The van der Waals surface area contributed by atoms with Gasteiger partial charge < -0.3 is 19.1 Å². The zero-order chi connectivity index (χ0) is 23.0. The first-order valence-electron chi connectivity index (χ1n) is 12.4. The van der Waals surface area contributed by atoms with E-state index in [1.165, 1.54) is 0 Å². The lowest BCUT2D eigenvalue weighted by molar-refractivity contribution is -0.0812. The van der Waals surface area contributed by atoms with E-state index < -0.39 is 5.60 Å². The number of ether oxygens (including phenoxy) is 3. The summed E-state index contributed by atoms with van der Waals surface area (Å²) < 4.78 is 18.5. The number of amides is 1. The lowest BCUT2D eigenvalue weighted by atomic mass is 9.93. The van der Waals surface area contributed by atoms with Gasteiger partial charge in [-0.1, -0.05) is 0 Å². The Hall–Kier alpha value is -2.41. The van der Waals surface area contributed by atoms with E-state index in [-0.39, 0.29) is 36.5 Å². The first-order valence-corrected chi connectivity index (χ1v) is 12.4. The summed E-state index contributed by atoms with van der Waals surface area (Å²) in [7, 11) is 0. The van der Waals surface area contributed by atoms with E-state index in [0.717, 1.165) is 68.0 Å². The third-order valence-electron chi connectivity index (χ3n) is 7.10. The molecule has 2 bridgehead atoms. The SMILES string of the molecule is CC(C)(C)OC(=O)N1C2CCC1CC(OC1CCC(Oc3ccnc4ccncc34)CC1)C2. The number of hydrogen-bond donors (Lipinski definition) is 0. The number of fused-ring (bicyclic) bond motifs is 3. The smallest absolute Gasteiger partial charge is 0.410 e. The minimum absolute atomic E-state index is 0.162. The van der Waals surface area contributed by atoms with Gasteiger partial charge in [0.15, 0.2) is 0 Å². The van der Waals surface area contributed by atoms with E-state index in [9.17, 15) is 4.79 Å². The van der Waals surface area contributed by atoms with E-state index in [1.54, 1.807) is 12.4 Å². The van der Waals surface area contributed by atoms with Crippen LogP contribution >= 0.6 is 0 Å². The number of rotatable bonds is 4. The quantitative estimate of drug-likeness (QED) is 0.628. The molecule has 2 aromatic heterocycles. The molecule has 2 unspecified atom stereocenters. The van der Waals surface area contributed by atoms with E-state index in [4.69, 9.17) is 14.2 Å². The van der Waals surface area contributed by atoms with Gasteiger partial charge in [-0.25, -0.2) is 4.79 Å². The number of pyridine rings is 2. The standard InChI is InChI=1S/C26H35N3O4/c1-26(2,3)33-25(30)29-17-4-5-18(29)15-21(14-17)31-19-6-8-20(9-7-19)32-24-11-13-28-23-10-12-27-16-22(23)24/h10-13,16-21H,4-9,14-15H2,1-3H3. The van der Waals surface area contributed by atoms with Crippen LogP contribution in [0.4, 0.5) is 4.79 Å². The summed E-state index contributed by atoms with van der Waals surface area (Å²) in [6.45, 7) is 5.78. The number of carbonyl (C=O) groups is 1. The van der Waals surface area contributed by atoms with Gasteiger partial charge in [0.05, 0.1) is 29.2 Å². The molecule has 5 rings (SSSR count). The first-order chi connectivity index (χ1) is 15.9. The fourth-order valence-corrected chi connectivity index (χ4v) is 5.66. The fraction of sp³-hybridized carbons (Fsp3) is 0.654. The van der Waals surface area contributed by atoms with Crippen LogP contribution in [0.3, 0.4) is 0 Å². The number of piperidine rings is 1. The second kappa shape index (κ2) is 9.09. The maximum absolute atomic E-state index is 12.7. The van der Waals surface area contributed by atoms with Crippen molar-refractivity contribution in [2.75, 3.05) is 0 Å². The highest BCUT2D eigenvalue weighted by molar-refractivity contribution is 5.83. The molecule has 1 saturated carbocycles. The van der Waals surface area contributed by atoms with Crippen molar-refractivity contribution >= 4 is 17.0 Å². The van der Waals surface area contributed by atoms with Gasteiger partial charge in [0.2, 0.25) is 0 Å². The average molecular weight is 454 g/mol. The molecule has 4 heterocycles. The van der Waals surface area contributed by atoms with Crippen LogP contribution in [-0.2, 0) is 9.47 Å². The van der Waals surface area contributed by atoms with Crippen molar-refractivity contribution in [2.45, 2.75) is 108 Å². The Labute approximate surface area is 195 Å². The minimum Gasteiger partial charge on any atom is -0.490 e. The molecule has 7 nitrogen and oxygen atoms in total. The fourth-order valence-electron chi connectivity index (χ4n) is 5.66. The lowest BCUT2D eigenvalue weighted by Crippen LogP contribution is -2.50. The molecule has 2 aliphatic heterocycles. The third kappa shape index (κ3) is 5.08. The molecule has 3 aliphatic rings. The summed E-state index contributed by atoms with van der Waals surface area (Å²) in [5, 5.41) is 0.964. The van der Waals surface area contributed by atoms with Crippen LogP contribution in [0.2, 0.25) is 0 Å². The van der Waals surface area contributed by atoms with Gasteiger partial charge in [-0.05, 0) is 84.3 Å². The van der Waals surface area contributed by atoms with E-state index in [2.05, 4.69) is 9.97 Å². The molecule has 178 valence electrons. The van der Waals surface area contributed by atoms with Crippen LogP contribution in [0.15, 0.2) is 30.7 Å². The predicted octanol–water partition coefficient (Wildman–Crippen LogP) is 5.27. The maximum atomic E-state index is 12.7. The van der Waals surface area contributed by atoms with Crippen molar-refractivity contribution in [3.63, 3.8) is 0 Å². The number of carbonyl (C=O) groups excluding carboxylic acids is 1. The van der Waals surface area contributed by atoms with Crippen LogP contribution in [-0.4, -0.2) is 57.0 Å². The summed E-state index contributed by atoms with van der Waals surface area (Å²) in [6, 6.07) is 4.34. The maximum Gasteiger partial charge on any atom is 0.410 e. The molecule has 0 aromatic carbocycles. The summed E-state index contributed by atoms with van der Waals surface area (Å²) in [6.07, 6.45) is 13.9. The molecule has 2 atom stereocenters. The molecule has 3 fully saturated rings. The molecule has 2 aromatic rings. The first kappa shape index (κ1) is 22.4. The summed E-state index contributed by atoms with van der Waals surface area (Å²) in [4.78, 5) is 23.3. The minimum atomic E-state index is -0.455. The molecule has 7 heteroatoms. The van der Waals surface area contributed by atoms with Gasteiger partial charge in [0.25, 0.3) is 0 Å². The number of hydrogen-bond acceptors (Lipinski definition) is 6. The largest absolute Gasteiger partial charge is 0.490 e. The van der Waals surface area contributed by atoms with Crippen LogP contribution in [0.5, 0.6) is 5.75 Å². The Morgan fingerprint density at radius 2 is 1.64 bits per heavy atom.